The van der Waals surface area contributed by atoms with Gasteiger partial charge in [-0.25, -0.2) is 0 Å². The van der Waals surface area contributed by atoms with E-state index in [2.05, 4.69) is 10.1 Å². The Labute approximate surface area is 113 Å². The van der Waals surface area contributed by atoms with Gasteiger partial charge in [0.2, 0.25) is 0 Å². The van der Waals surface area contributed by atoms with Crippen LogP contribution in [0.15, 0.2) is 16.0 Å². The third kappa shape index (κ3) is 2.54. The summed E-state index contributed by atoms with van der Waals surface area (Å²) in [5, 5.41) is 16.1. The van der Waals surface area contributed by atoms with Gasteiger partial charge in [-0.15, -0.1) is 11.3 Å². The second-order valence-electron chi connectivity index (χ2n) is 4.37. The van der Waals surface area contributed by atoms with E-state index in [0.29, 0.717) is 10.8 Å². The summed E-state index contributed by atoms with van der Waals surface area (Å²) in [7, 11) is 0. The van der Waals surface area contributed by atoms with Crippen LogP contribution in [-0.4, -0.2) is 20.5 Å². The van der Waals surface area contributed by atoms with Gasteiger partial charge < -0.3 is 9.63 Å². The van der Waals surface area contributed by atoms with Crippen molar-refractivity contribution in [3.8, 4) is 16.5 Å². The number of thiophene rings is 1. The molecule has 96 valence electrons. The molecular weight excluding hydrogens is 268 g/mol. The molecule has 0 spiro atoms. The van der Waals surface area contributed by atoms with E-state index >= 15 is 0 Å². The maximum atomic E-state index is 9.59. The molecule has 0 atom stereocenters. The Bertz CT molecular complexity index is 518. The van der Waals surface area contributed by atoms with Crippen LogP contribution in [0.5, 0.6) is 5.75 Å². The Balaban J connectivity index is 1.64. The first kappa shape index (κ1) is 12.0. The van der Waals surface area contributed by atoms with E-state index in [0.717, 1.165) is 16.8 Å². The van der Waals surface area contributed by atoms with Gasteiger partial charge in [-0.3, -0.25) is 0 Å². The van der Waals surface area contributed by atoms with Crippen molar-refractivity contribution in [3.63, 3.8) is 0 Å². The summed E-state index contributed by atoms with van der Waals surface area (Å²) < 4.78 is 5.18. The Kier molecular flexibility index (Phi) is 3.56. The Hall–Kier alpha value is -1.01. The number of aromatic hydroxyl groups is 1. The number of hydrogen-bond acceptors (Lipinski definition) is 6. The van der Waals surface area contributed by atoms with E-state index in [1.165, 1.54) is 37.0 Å². The maximum Gasteiger partial charge on any atom is 0.271 e. The molecule has 18 heavy (non-hydrogen) atoms. The topological polar surface area (TPSA) is 59.2 Å². The van der Waals surface area contributed by atoms with Crippen molar-refractivity contribution in [3.05, 3.63) is 17.3 Å². The molecule has 1 fully saturated rings. The molecule has 1 N–H and O–H groups in total. The number of nitrogens with zero attached hydrogens (tertiary/aromatic N) is 2. The van der Waals surface area contributed by atoms with Crippen LogP contribution in [0.2, 0.25) is 0 Å². The lowest BCUT2D eigenvalue weighted by molar-refractivity contribution is 0.421. The summed E-state index contributed by atoms with van der Waals surface area (Å²) in [5.74, 6) is 2.14. The van der Waals surface area contributed by atoms with Gasteiger partial charge in [-0.1, -0.05) is 18.0 Å². The molecule has 0 radical (unpaired) electrons. The van der Waals surface area contributed by atoms with Crippen molar-refractivity contribution in [1.82, 2.24) is 10.1 Å². The van der Waals surface area contributed by atoms with E-state index < -0.39 is 0 Å². The molecule has 3 rings (SSSR count). The van der Waals surface area contributed by atoms with Crippen LogP contribution in [-0.2, 0) is 5.75 Å². The fourth-order valence-corrected chi connectivity index (χ4v) is 3.99. The largest absolute Gasteiger partial charge is 0.506 e. The van der Waals surface area contributed by atoms with Crippen LogP contribution in [0.25, 0.3) is 10.8 Å². The summed E-state index contributed by atoms with van der Waals surface area (Å²) in [5.41, 5.74) is 0. The molecule has 0 aromatic carbocycles. The highest BCUT2D eigenvalue weighted by Crippen LogP contribution is 2.34. The molecule has 1 aliphatic carbocycles. The quantitative estimate of drug-likeness (QED) is 0.927. The van der Waals surface area contributed by atoms with Crippen molar-refractivity contribution in [1.29, 1.82) is 0 Å². The first-order valence-electron chi connectivity index (χ1n) is 6.04. The van der Waals surface area contributed by atoms with Crippen molar-refractivity contribution in [2.24, 2.45) is 0 Å². The minimum atomic E-state index is 0.207. The molecule has 2 heterocycles. The molecule has 1 aliphatic rings. The average Bonchev–Trinajstić information content (AvgIpc) is 3.07. The van der Waals surface area contributed by atoms with E-state index in [1.807, 2.05) is 17.1 Å². The highest BCUT2D eigenvalue weighted by Gasteiger charge is 2.18. The number of hydrogen-bond donors (Lipinski definition) is 1. The zero-order valence-corrected chi connectivity index (χ0v) is 11.5. The highest BCUT2D eigenvalue weighted by atomic mass is 32.2. The molecule has 4 nitrogen and oxygen atoms in total. The number of thioether (sulfide) groups is 1. The number of rotatable bonds is 4. The Morgan fingerprint density at radius 2 is 2.28 bits per heavy atom. The fourth-order valence-electron chi connectivity index (χ4n) is 2.11. The summed E-state index contributed by atoms with van der Waals surface area (Å²) in [4.78, 5) is 4.98. The minimum Gasteiger partial charge on any atom is -0.506 e. The fraction of sp³-hybridized carbons (Fsp3) is 0.500. The van der Waals surface area contributed by atoms with Crippen LogP contribution in [0.1, 0.15) is 31.5 Å². The van der Waals surface area contributed by atoms with Crippen molar-refractivity contribution < 1.29 is 9.63 Å². The van der Waals surface area contributed by atoms with E-state index in [1.54, 1.807) is 6.07 Å². The SMILES string of the molecule is Oc1ccsc1-c1nc(CSC2CCCC2)no1. The van der Waals surface area contributed by atoms with Crippen LogP contribution >= 0.6 is 23.1 Å². The molecule has 6 heteroatoms. The molecule has 2 aromatic heterocycles. The molecular formula is C12H14N2O2S2. The summed E-state index contributed by atoms with van der Waals surface area (Å²) in [6.07, 6.45) is 5.30. The Morgan fingerprint density at radius 3 is 3.00 bits per heavy atom. The molecule has 1 saturated carbocycles. The van der Waals surface area contributed by atoms with Crippen molar-refractivity contribution >= 4 is 23.1 Å². The van der Waals surface area contributed by atoms with Gasteiger partial charge >= 0.3 is 0 Å². The maximum absolute atomic E-state index is 9.59. The second kappa shape index (κ2) is 5.32. The molecule has 0 unspecified atom stereocenters. The first-order chi connectivity index (χ1) is 8.83. The lowest BCUT2D eigenvalue weighted by atomic mass is 10.4. The third-order valence-electron chi connectivity index (χ3n) is 3.06. The second-order valence-corrected chi connectivity index (χ2v) is 6.57. The van der Waals surface area contributed by atoms with Gasteiger partial charge in [-0.2, -0.15) is 16.7 Å². The summed E-state index contributed by atoms with van der Waals surface area (Å²) in [6.45, 7) is 0. The lowest BCUT2D eigenvalue weighted by Crippen LogP contribution is -1.95. The standard InChI is InChI=1S/C12H14N2O2S2/c15-9-5-6-17-11(9)12-13-10(14-16-12)7-18-8-3-1-2-4-8/h5-6,8,15H,1-4,7H2. The van der Waals surface area contributed by atoms with Gasteiger partial charge in [-0.05, 0) is 24.3 Å². The molecule has 0 aliphatic heterocycles. The van der Waals surface area contributed by atoms with Crippen LogP contribution in [0.3, 0.4) is 0 Å². The normalized spacial score (nSPS) is 16.4. The third-order valence-corrected chi connectivity index (χ3v) is 5.32. The zero-order chi connectivity index (χ0) is 12.4. The monoisotopic (exact) mass is 282 g/mol. The van der Waals surface area contributed by atoms with Gasteiger partial charge in [0.05, 0.1) is 5.75 Å². The van der Waals surface area contributed by atoms with Crippen molar-refractivity contribution in [2.75, 3.05) is 0 Å². The number of aromatic nitrogens is 2. The van der Waals surface area contributed by atoms with Crippen LogP contribution in [0.4, 0.5) is 0 Å². The molecule has 0 bridgehead atoms. The molecule has 2 aromatic rings. The zero-order valence-electron chi connectivity index (χ0n) is 9.83. The molecule has 0 amide bonds. The van der Waals surface area contributed by atoms with E-state index in [9.17, 15) is 5.11 Å². The van der Waals surface area contributed by atoms with Gasteiger partial charge in [0.15, 0.2) is 5.82 Å². The predicted molar refractivity (Wildman–Crippen MR) is 72.8 cm³/mol. The van der Waals surface area contributed by atoms with Gasteiger partial charge in [0.25, 0.3) is 5.89 Å². The predicted octanol–water partition coefficient (Wildman–Crippen LogP) is 3.68. The average molecular weight is 282 g/mol. The van der Waals surface area contributed by atoms with Gasteiger partial charge in [0, 0.05) is 5.25 Å². The highest BCUT2D eigenvalue weighted by molar-refractivity contribution is 7.99. The van der Waals surface area contributed by atoms with Crippen LogP contribution in [0, 0.1) is 0 Å². The smallest absolute Gasteiger partial charge is 0.271 e. The summed E-state index contributed by atoms with van der Waals surface area (Å²) >= 11 is 3.31. The summed E-state index contributed by atoms with van der Waals surface area (Å²) in [6, 6.07) is 1.64. The minimum absolute atomic E-state index is 0.207. The van der Waals surface area contributed by atoms with Crippen molar-refractivity contribution in [2.45, 2.75) is 36.7 Å². The Morgan fingerprint density at radius 1 is 1.44 bits per heavy atom. The van der Waals surface area contributed by atoms with Crippen LogP contribution < -0.4 is 0 Å². The molecule has 0 saturated heterocycles. The van der Waals surface area contributed by atoms with Gasteiger partial charge in [0.1, 0.15) is 10.6 Å². The lowest BCUT2D eigenvalue weighted by Gasteiger charge is -2.04. The van der Waals surface area contributed by atoms with E-state index in [-0.39, 0.29) is 5.75 Å². The first-order valence-corrected chi connectivity index (χ1v) is 7.97. The van der Waals surface area contributed by atoms with E-state index in [4.69, 9.17) is 4.52 Å².